The Labute approximate surface area is 194 Å². The quantitative estimate of drug-likeness (QED) is 0.390. The Hall–Kier alpha value is -3.13. The average Bonchev–Trinajstić information content (AvgIpc) is 2.80. The number of benzene rings is 2. The fourth-order valence-corrected chi connectivity index (χ4v) is 2.86. The molecule has 32 heavy (non-hydrogen) atoms. The molecular formula is C24H31N3O4S. The molecule has 0 bridgehead atoms. The summed E-state index contributed by atoms with van der Waals surface area (Å²) in [5.74, 6) is 1.28. The van der Waals surface area contributed by atoms with E-state index in [1.54, 1.807) is 24.3 Å². The molecule has 1 atom stereocenters. The van der Waals surface area contributed by atoms with E-state index in [1.165, 1.54) is 0 Å². The number of nitrogens with one attached hydrogen (secondary N) is 3. The molecule has 0 saturated heterocycles. The predicted octanol–water partition coefficient (Wildman–Crippen LogP) is 3.95. The summed E-state index contributed by atoms with van der Waals surface area (Å²) < 4.78 is 11.3. The van der Waals surface area contributed by atoms with Gasteiger partial charge in [0.1, 0.15) is 11.5 Å². The van der Waals surface area contributed by atoms with Crippen LogP contribution < -0.4 is 25.6 Å². The third kappa shape index (κ3) is 8.19. The molecule has 2 aromatic carbocycles. The van der Waals surface area contributed by atoms with E-state index >= 15 is 0 Å². The van der Waals surface area contributed by atoms with Crippen LogP contribution in [0.1, 0.15) is 56.0 Å². The molecule has 2 amide bonds. The summed E-state index contributed by atoms with van der Waals surface area (Å²) in [6, 6.07) is 14.4. The Kier molecular flexibility index (Phi) is 9.94. The molecule has 0 heterocycles. The molecule has 0 saturated carbocycles. The molecule has 2 rings (SSSR count). The summed E-state index contributed by atoms with van der Waals surface area (Å²) in [6.07, 6.45) is 0.968. The van der Waals surface area contributed by atoms with Gasteiger partial charge in [-0.1, -0.05) is 45.9 Å². The predicted molar refractivity (Wildman–Crippen MR) is 129 cm³/mol. The number of carbonyl (C=O) groups is 2. The summed E-state index contributed by atoms with van der Waals surface area (Å²) in [6.45, 7) is 8.75. The normalized spacial score (nSPS) is 11.4. The largest absolute Gasteiger partial charge is 0.493 e. The molecule has 2 aromatic rings. The van der Waals surface area contributed by atoms with Crippen molar-refractivity contribution in [2.75, 3.05) is 13.2 Å². The molecule has 8 heteroatoms. The standard InChI is InChI=1S/C24H31N3O4S/c1-5-17(4)20-8-6-7-9-21(20)31-15-22(28)26-27-24(32)25-23(29)18-10-12-19(13-11-18)30-14-16(2)3/h6-13,16-17H,5,14-15H2,1-4H3,(H,26,28)(H2,25,27,29,32). The van der Waals surface area contributed by atoms with E-state index in [-0.39, 0.29) is 11.7 Å². The minimum atomic E-state index is -0.424. The maximum absolute atomic E-state index is 12.3. The number of hydrogen-bond acceptors (Lipinski definition) is 5. The van der Waals surface area contributed by atoms with Crippen LogP contribution in [0.5, 0.6) is 11.5 Å². The molecule has 0 spiro atoms. The maximum Gasteiger partial charge on any atom is 0.276 e. The van der Waals surface area contributed by atoms with E-state index in [0.717, 1.165) is 12.0 Å². The lowest BCUT2D eigenvalue weighted by atomic mass is 9.98. The number of ether oxygens (including phenoxy) is 2. The smallest absolute Gasteiger partial charge is 0.276 e. The highest BCUT2D eigenvalue weighted by atomic mass is 32.1. The van der Waals surface area contributed by atoms with Gasteiger partial charge in [0.15, 0.2) is 11.7 Å². The van der Waals surface area contributed by atoms with Crippen molar-refractivity contribution in [3.8, 4) is 11.5 Å². The second kappa shape index (κ2) is 12.7. The molecule has 0 aliphatic carbocycles. The topological polar surface area (TPSA) is 88.7 Å². The highest BCUT2D eigenvalue weighted by Gasteiger charge is 2.12. The zero-order valence-corrected chi connectivity index (χ0v) is 19.8. The molecule has 3 N–H and O–H groups in total. The van der Waals surface area contributed by atoms with Crippen LogP contribution >= 0.6 is 12.2 Å². The van der Waals surface area contributed by atoms with Crippen LogP contribution in [-0.4, -0.2) is 30.1 Å². The van der Waals surface area contributed by atoms with E-state index in [2.05, 4.69) is 43.9 Å². The van der Waals surface area contributed by atoms with Crippen molar-refractivity contribution >= 4 is 29.1 Å². The SMILES string of the molecule is CCC(C)c1ccccc1OCC(=O)NNC(=S)NC(=O)c1ccc(OCC(C)C)cc1. The lowest BCUT2D eigenvalue weighted by Gasteiger charge is -2.16. The Morgan fingerprint density at radius 3 is 2.31 bits per heavy atom. The van der Waals surface area contributed by atoms with Crippen molar-refractivity contribution in [3.63, 3.8) is 0 Å². The Bertz CT molecular complexity index is 916. The molecule has 172 valence electrons. The first-order valence-corrected chi connectivity index (χ1v) is 11.1. The Balaban J connectivity index is 1.77. The van der Waals surface area contributed by atoms with Crippen LogP contribution in [0.15, 0.2) is 48.5 Å². The van der Waals surface area contributed by atoms with Crippen LogP contribution in [-0.2, 0) is 4.79 Å². The van der Waals surface area contributed by atoms with Crippen molar-refractivity contribution in [1.29, 1.82) is 0 Å². The van der Waals surface area contributed by atoms with Crippen LogP contribution in [0.25, 0.3) is 0 Å². The Morgan fingerprint density at radius 1 is 0.969 bits per heavy atom. The van der Waals surface area contributed by atoms with Crippen LogP contribution in [0.3, 0.4) is 0 Å². The lowest BCUT2D eigenvalue weighted by molar-refractivity contribution is -0.123. The van der Waals surface area contributed by atoms with Gasteiger partial charge in [0, 0.05) is 5.56 Å². The lowest BCUT2D eigenvalue weighted by Crippen LogP contribution is -2.49. The van der Waals surface area contributed by atoms with Gasteiger partial charge in [-0.05, 0) is 66.4 Å². The molecule has 0 radical (unpaired) electrons. The third-order valence-electron chi connectivity index (χ3n) is 4.66. The van der Waals surface area contributed by atoms with Gasteiger partial charge in [-0.15, -0.1) is 0 Å². The van der Waals surface area contributed by atoms with Gasteiger partial charge in [-0.2, -0.15) is 0 Å². The van der Waals surface area contributed by atoms with Gasteiger partial charge in [0.05, 0.1) is 6.61 Å². The summed E-state index contributed by atoms with van der Waals surface area (Å²) in [5.41, 5.74) is 6.40. The van der Waals surface area contributed by atoms with E-state index in [4.69, 9.17) is 21.7 Å². The van der Waals surface area contributed by atoms with Crippen molar-refractivity contribution in [3.05, 3.63) is 59.7 Å². The highest BCUT2D eigenvalue weighted by Crippen LogP contribution is 2.28. The fourth-order valence-electron chi connectivity index (χ4n) is 2.72. The number of carbonyl (C=O) groups excluding carboxylic acids is 2. The van der Waals surface area contributed by atoms with E-state index < -0.39 is 11.8 Å². The van der Waals surface area contributed by atoms with Crippen molar-refractivity contribution in [1.82, 2.24) is 16.2 Å². The van der Waals surface area contributed by atoms with Crippen LogP contribution in [0.4, 0.5) is 0 Å². The van der Waals surface area contributed by atoms with Gasteiger partial charge in [0.2, 0.25) is 0 Å². The monoisotopic (exact) mass is 457 g/mol. The fraction of sp³-hybridized carbons (Fsp3) is 0.375. The third-order valence-corrected chi connectivity index (χ3v) is 4.87. The second-order valence-electron chi connectivity index (χ2n) is 7.82. The minimum Gasteiger partial charge on any atom is -0.493 e. The molecule has 0 fully saturated rings. The molecule has 7 nitrogen and oxygen atoms in total. The van der Waals surface area contributed by atoms with Crippen molar-refractivity contribution in [2.45, 2.75) is 40.0 Å². The van der Waals surface area contributed by atoms with Gasteiger partial charge < -0.3 is 9.47 Å². The second-order valence-corrected chi connectivity index (χ2v) is 8.23. The van der Waals surface area contributed by atoms with E-state index in [1.807, 2.05) is 24.3 Å². The number of hydrogen-bond donors (Lipinski definition) is 3. The van der Waals surface area contributed by atoms with E-state index in [9.17, 15) is 9.59 Å². The minimum absolute atomic E-state index is 0.0245. The van der Waals surface area contributed by atoms with Crippen molar-refractivity contribution in [2.24, 2.45) is 5.92 Å². The number of rotatable bonds is 9. The average molecular weight is 458 g/mol. The molecule has 0 aliphatic rings. The summed E-state index contributed by atoms with van der Waals surface area (Å²) >= 11 is 5.07. The highest BCUT2D eigenvalue weighted by molar-refractivity contribution is 7.80. The van der Waals surface area contributed by atoms with E-state index in [0.29, 0.717) is 35.5 Å². The molecule has 1 unspecified atom stereocenters. The first-order valence-electron chi connectivity index (χ1n) is 10.6. The van der Waals surface area contributed by atoms with Gasteiger partial charge in [-0.3, -0.25) is 25.8 Å². The first kappa shape index (κ1) is 25.1. The van der Waals surface area contributed by atoms with Crippen LogP contribution in [0, 0.1) is 5.92 Å². The van der Waals surface area contributed by atoms with Crippen LogP contribution in [0.2, 0.25) is 0 Å². The number of amides is 2. The number of para-hydroxylation sites is 1. The first-order chi connectivity index (χ1) is 15.3. The number of thiocarbonyl (C=S) groups is 1. The van der Waals surface area contributed by atoms with Gasteiger partial charge in [0.25, 0.3) is 11.8 Å². The molecule has 0 aromatic heterocycles. The van der Waals surface area contributed by atoms with Crippen molar-refractivity contribution < 1.29 is 19.1 Å². The Morgan fingerprint density at radius 2 is 1.66 bits per heavy atom. The van der Waals surface area contributed by atoms with Gasteiger partial charge in [-0.25, -0.2) is 0 Å². The zero-order chi connectivity index (χ0) is 23.5. The summed E-state index contributed by atoms with van der Waals surface area (Å²) in [7, 11) is 0. The maximum atomic E-state index is 12.3. The molecule has 0 aliphatic heterocycles. The number of hydrazine groups is 1. The van der Waals surface area contributed by atoms with Gasteiger partial charge >= 0.3 is 0 Å². The summed E-state index contributed by atoms with van der Waals surface area (Å²) in [4.78, 5) is 24.4. The zero-order valence-electron chi connectivity index (χ0n) is 18.9. The molecular weight excluding hydrogens is 426 g/mol. The summed E-state index contributed by atoms with van der Waals surface area (Å²) in [5, 5.41) is 2.49.